The molecule has 0 aliphatic rings. The van der Waals surface area contributed by atoms with E-state index in [4.69, 9.17) is 4.74 Å². The summed E-state index contributed by atoms with van der Waals surface area (Å²) in [6.45, 7) is 5.13. The second kappa shape index (κ2) is 11.1. The number of carbonyl (C=O) groups excluding carboxylic acids is 1. The summed E-state index contributed by atoms with van der Waals surface area (Å²) in [4.78, 5) is 12.8. The Balaban J connectivity index is 1.63. The molecule has 0 aliphatic carbocycles. The molecule has 0 saturated heterocycles. The average Bonchev–Trinajstić information content (AvgIpc) is 2.80. The molecule has 0 aliphatic heterocycles. The molecular formula is C26H30N2O4S. The van der Waals surface area contributed by atoms with Crippen molar-refractivity contribution in [1.29, 1.82) is 0 Å². The maximum Gasteiger partial charge on any atom is 0.255 e. The molecule has 1 amide bonds. The topological polar surface area (TPSA) is 75.7 Å². The lowest BCUT2D eigenvalue weighted by Crippen LogP contribution is -2.26. The number of ether oxygens (including phenoxy) is 1. The summed E-state index contributed by atoms with van der Waals surface area (Å²) in [6.07, 6.45) is 0.937. The first kappa shape index (κ1) is 24.5. The first-order chi connectivity index (χ1) is 15.8. The van der Waals surface area contributed by atoms with E-state index in [9.17, 15) is 13.2 Å². The Labute approximate surface area is 196 Å². The summed E-state index contributed by atoms with van der Waals surface area (Å²) >= 11 is 0. The Morgan fingerprint density at radius 3 is 2.33 bits per heavy atom. The van der Waals surface area contributed by atoms with Crippen molar-refractivity contribution in [1.82, 2.24) is 4.31 Å². The number of benzene rings is 3. The number of rotatable bonds is 10. The van der Waals surface area contributed by atoms with Gasteiger partial charge in [0.1, 0.15) is 5.75 Å². The van der Waals surface area contributed by atoms with Gasteiger partial charge in [0.05, 0.1) is 11.5 Å². The molecule has 0 unspecified atom stereocenters. The number of sulfonamides is 1. The Morgan fingerprint density at radius 2 is 1.67 bits per heavy atom. The fourth-order valence-corrected chi connectivity index (χ4v) is 4.32. The Morgan fingerprint density at radius 1 is 0.970 bits per heavy atom. The van der Waals surface area contributed by atoms with Gasteiger partial charge in [-0.25, -0.2) is 8.42 Å². The number of carbonyl (C=O) groups is 1. The number of hydrogen-bond acceptors (Lipinski definition) is 4. The zero-order valence-corrected chi connectivity index (χ0v) is 20.0. The van der Waals surface area contributed by atoms with E-state index in [-0.39, 0.29) is 17.3 Å². The van der Waals surface area contributed by atoms with Gasteiger partial charge in [-0.15, -0.1) is 0 Å². The fourth-order valence-electron chi connectivity index (χ4n) is 3.16. The molecule has 0 radical (unpaired) electrons. The van der Waals surface area contributed by atoms with Crippen molar-refractivity contribution in [3.63, 3.8) is 0 Å². The standard InChI is InChI=1S/C26H30N2O4S/c1-20(2)16-17-32-24-11-7-10-22(18-24)26(29)27-23-12-14-25(15-13-23)33(30,31)28(3)19-21-8-5-4-6-9-21/h4-15,18,20H,16-17,19H2,1-3H3,(H,27,29). The zero-order chi connectivity index (χ0) is 23.8. The summed E-state index contributed by atoms with van der Waals surface area (Å²) in [5.74, 6) is 0.897. The van der Waals surface area contributed by atoms with Crippen LogP contribution < -0.4 is 10.1 Å². The third-order valence-corrected chi connectivity index (χ3v) is 6.95. The van der Waals surface area contributed by atoms with Gasteiger partial charge < -0.3 is 10.1 Å². The molecule has 3 rings (SSSR count). The first-order valence-corrected chi connectivity index (χ1v) is 12.3. The van der Waals surface area contributed by atoms with Crippen molar-refractivity contribution in [2.75, 3.05) is 19.0 Å². The van der Waals surface area contributed by atoms with Crippen LogP contribution in [0.25, 0.3) is 0 Å². The van der Waals surface area contributed by atoms with E-state index in [0.717, 1.165) is 12.0 Å². The lowest BCUT2D eigenvalue weighted by Gasteiger charge is -2.17. The molecule has 7 heteroatoms. The van der Waals surface area contributed by atoms with Crippen LogP contribution in [0.1, 0.15) is 36.2 Å². The van der Waals surface area contributed by atoms with Crippen LogP contribution in [0.5, 0.6) is 5.75 Å². The number of nitrogens with zero attached hydrogens (tertiary/aromatic N) is 1. The minimum absolute atomic E-state index is 0.166. The summed E-state index contributed by atoms with van der Waals surface area (Å²) in [7, 11) is -2.10. The van der Waals surface area contributed by atoms with Crippen LogP contribution in [0.3, 0.4) is 0 Å². The van der Waals surface area contributed by atoms with E-state index in [0.29, 0.717) is 29.5 Å². The van der Waals surface area contributed by atoms with Crippen molar-refractivity contribution in [2.45, 2.75) is 31.7 Å². The molecule has 174 valence electrons. The minimum Gasteiger partial charge on any atom is -0.494 e. The number of hydrogen-bond donors (Lipinski definition) is 1. The van der Waals surface area contributed by atoms with E-state index in [1.807, 2.05) is 36.4 Å². The Kier molecular flexibility index (Phi) is 8.25. The van der Waals surface area contributed by atoms with Gasteiger partial charge >= 0.3 is 0 Å². The molecule has 0 aromatic heterocycles. The van der Waals surface area contributed by atoms with Crippen LogP contribution in [0.15, 0.2) is 83.8 Å². The highest BCUT2D eigenvalue weighted by Crippen LogP contribution is 2.21. The van der Waals surface area contributed by atoms with Gasteiger partial charge in [0.25, 0.3) is 5.91 Å². The van der Waals surface area contributed by atoms with Crippen LogP contribution in [0.4, 0.5) is 5.69 Å². The quantitative estimate of drug-likeness (QED) is 0.446. The lowest BCUT2D eigenvalue weighted by atomic mass is 10.1. The first-order valence-electron chi connectivity index (χ1n) is 10.9. The van der Waals surface area contributed by atoms with Crippen molar-refractivity contribution >= 4 is 21.6 Å². The molecule has 0 spiro atoms. The molecular weight excluding hydrogens is 436 g/mol. The smallest absolute Gasteiger partial charge is 0.255 e. The van der Waals surface area contributed by atoms with Crippen LogP contribution in [0, 0.1) is 5.92 Å². The minimum atomic E-state index is -3.65. The van der Waals surface area contributed by atoms with Crippen molar-refractivity contribution in [3.8, 4) is 5.75 Å². The monoisotopic (exact) mass is 466 g/mol. The van der Waals surface area contributed by atoms with Gasteiger partial charge in [0.15, 0.2) is 0 Å². The summed E-state index contributed by atoms with van der Waals surface area (Å²) in [6, 6.07) is 22.6. The van der Waals surface area contributed by atoms with Gasteiger partial charge in [-0.3, -0.25) is 4.79 Å². The molecule has 0 saturated carbocycles. The van der Waals surface area contributed by atoms with Gasteiger partial charge in [-0.2, -0.15) is 4.31 Å². The van der Waals surface area contributed by atoms with E-state index in [2.05, 4.69) is 19.2 Å². The molecule has 3 aromatic rings. The predicted molar refractivity (Wildman–Crippen MR) is 131 cm³/mol. The van der Waals surface area contributed by atoms with Crippen LogP contribution in [-0.4, -0.2) is 32.3 Å². The zero-order valence-electron chi connectivity index (χ0n) is 19.2. The molecule has 1 N–H and O–H groups in total. The predicted octanol–water partition coefficient (Wildman–Crippen LogP) is 5.18. The highest BCUT2D eigenvalue weighted by atomic mass is 32.2. The van der Waals surface area contributed by atoms with Gasteiger partial charge in [0.2, 0.25) is 10.0 Å². The van der Waals surface area contributed by atoms with Crippen LogP contribution in [-0.2, 0) is 16.6 Å². The molecule has 0 fully saturated rings. The van der Waals surface area contributed by atoms with Gasteiger partial charge in [-0.05, 0) is 60.4 Å². The normalized spacial score (nSPS) is 11.5. The second-order valence-corrected chi connectivity index (χ2v) is 10.3. The van der Waals surface area contributed by atoms with Crippen molar-refractivity contribution < 1.29 is 17.9 Å². The molecule has 33 heavy (non-hydrogen) atoms. The van der Waals surface area contributed by atoms with Crippen molar-refractivity contribution in [3.05, 3.63) is 90.0 Å². The van der Waals surface area contributed by atoms with Gasteiger partial charge in [-0.1, -0.05) is 50.2 Å². The van der Waals surface area contributed by atoms with E-state index >= 15 is 0 Å². The highest BCUT2D eigenvalue weighted by Gasteiger charge is 2.21. The molecule has 0 heterocycles. The largest absolute Gasteiger partial charge is 0.494 e. The number of nitrogens with one attached hydrogen (secondary N) is 1. The van der Waals surface area contributed by atoms with E-state index < -0.39 is 10.0 Å². The number of amides is 1. The average molecular weight is 467 g/mol. The Hall–Kier alpha value is -3.16. The molecule has 6 nitrogen and oxygen atoms in total. The number of anilines is 1. The second-order valence-electron chi connectivity index (χ2n) is 8.28. The SMILES string of the molecule is CC(C)CCOc1cccc(C(=O)Nc2ccc(S(=O)(=O)N(C)Cc3ccccc3)cc2)c1. The Bertz CT molecular complexity index is 1160. The van der Waals surface area contributed by atoms with Crippen LogP contribution >= 0.6 is 0 Å². The third kappa shape index (κ3) is 6.91. The summed E-state index contributed by atoms with van der Waals surface area (Å²) in [5.41, 5.74) is 1.88. The molecule has 3 aromatic carbocycles. The fraction of sp³-hybridized carbons (Fsp3) is 0.269. The van der Waals surface area contributed by atoms with Crippen molar-refractivity contribution in [2.24, 2.45) is 5.92 Å². The third-order valence-electron chi connectivity index (χ3n) is 5.13. The summed E-state index contributed by atoms with van der Waals surface area (Å²) in [5, 5.41) is 2.80. The van der Waals surface area contributed by atoms with Crippen LogP contribution in [0.2, 0.25) is 0 Å². The van der Waals surface area contributed by atoms with E-state index in [1.165, 1.54) is 16.4 Å². The molecule has 0 bridgehead atoms. The maximum atomic E-state index is 12.9. The lowest BCUT2D eigenvalue weighted by molar-refractivity contribution is 0.102. The maximum absolute atomic E-state index is 12.9. The highest BCUT2D eigenvalue weighted by molar-refractivity contribution is 7.89. The van der Waals surface area contributed by atoms with Gasteiger partial charge in [0, 0.05) is 24.8 Å². The molecule has 0 atom stereocenters. The summed E-state index contributed by atoms with van der Waals surface area (Å²) < 4.78 is 32.8. The van der Waals surface area contributed by atoms with E-state index in [1.54, 1.807) is 37.4 Å².